The molecule has 0 bridgehead atoms. The number of aryl methyl sites for hydroxylation is 1. The fourth-order valence-corrected chi connectivity index (χ4v) is 3.87. The van der Waals surface area contributed by atoms with Gasteiger partial charge >= 0.3 is 0 Å². The van der Waals surface area contributed by atoms with Gasteiger partial charge in [-0.2, -0.15) is 0 Å². The van der Waals surface area contributed by atoms with Crippen molar-refractivity contribution in [1.29, 1.82) is 0 Å². The summed E-state index contributed by atoms with van der Waals surface area (Å²) >= 11 is 0. The summed E-state index contributed by atoms with van der Waals surface area (Å²) in [5.74, 6) is -0.0234. The lowest BCUT2D eigenvalue weighted by molar-refractivity contribution is -0.120. The van der Waals surface area contributed by atoms with E-state index in [0.717, 1.165) is 48.2 Å². The van der Waals surface area contributed by atoms with Crippen molar-refractivity contribution in [2.24, 2.45) is 0 Å². The molecule has 122 valence electrons. The van der Waals surface area contributed by atoms with Gasteiger partial charge in [-0.05, 0) is 55.7 Å². The van der Waals surface area contributed by atoms with E-state index in [1.807, 2.05) is 49.4 Å². The van der Waals surface area contributed by atoms with Crippen molar-refractivity contribution in [2.75, 3.05) is 10.6 Å². The smallest absolute Gasteiger partial charge is 0.255 e. The fourth-order valence-electron chi connectivity index (χ4n) is 3.87. The van der Waals surface area contributed by atoms with E-state index in [4.69, 9.17) is 0 Å². The predicted octanol–water partition coefficient (Wildman–Crippen LogP) is 4.01. The van der Waals surface area contributed by atoms with Gasteiger partial charge in [0.05, 0.1) is 5.41 Å². The largest absolute Gasteiger partial charge is 0.325 e. The molecule has 1 fully saturated rings. The van der Waals surface area contributed by atoms with Crippen molar-refractivity contribution >= 4 is 23.2 Å². The van der Waals surface area contributed by atoms with Crippen molar-refractivity contribution in [1.82, 2.24) is 0 Å². The number of fused-ring (bicyclic) bond motifs is 2. The maximum Gasteiger partial charge on any atom is 0.255 e. The third-order valence-electron chi connectivity index (χ3n) is 5.25. The Labute approximate surface area is 141 Å². The van der Waals surface area contributed by atoms with Crippen LogP contribution in [0.15, 0.2) is 42.5 Å². The molecule has 24 heavy (non-hydrogen) atoms. The number of hydrogen-bond donors (Lipinski definition) is 2. The van der Waals surface area contributed by atoms with Crippen LogP contribution < -0.4 is 10.6 Å². The number of nitrogens with one attached hydrogen (secondary N) is 2. The number of carbonyl (C=O) groups excluding carboxylic acids is 2. The minimum absolute atomic E-state index is 0.108. The predicted molar refractivity (Wildman–Crippen MR) is 94.3 cm³/mol. The first-order chi connectivity index (χ1) is 11.6. The molecule has 0 unspecified atom stereocenters. The fraction of sp³-hybridized carbons (Fsp3) is 0.300. The van der Waals surface area contributed by atoms with Gasteiger partial charge in [-0.25, -0.2) is 0 Å². The molecule has 1 heterocycles. The third kappa shape index (κ3) is 2.30. The molecule has 4 heteroatoms. The van der Waals surface area contributed by atoms with E-state index in [1.165, 1.54) is 0 Å². The SMILES string of the molecule is Cc1ccc(C(=O)Nc2ccc3c(c2)C2(CCCC2)C(=O)N3)cc1. The van der Waals surface area contributed by atoms with Crippen molar-refractivity contribution in [3.63, 3.8) is 0 Å². The van der Waals surface area contributed by atoms with Crippen LogP contribution in [0.5, 0.6) is 0 Å². The molecule has 0 aromatic heterocycles. The minimum atomic E-state index is -0.389. The van der Waals surface area contributed by atoms with Crippen LogP contribution in [0.2, 0.25) is 0 Å². The monoisotopic (exact) mass is 320 g/mol. The summed E-state index contributed by atoms with van der Waals surface area (Å²) in [4.78, 5) is 24.9. The molecular weight excluding hydrogens is 300 g/mol. The first-order valence-corrected chi connectivity index (χ1v) is 8.42. The quantitative estimate of drug-likeness (QED) is 0.878. The second-order valence-electron chi connectivity index (χ2n) is 6.82. The number of anilines is 2. The van der Waals surface area contributed by atoms with E-state index in [0.29, 0.717) is 5.56 Å². The standard InChI is InChI=1S/C20H20N2O2/c1-13-4-6-14(7-5-13)18(23)21-15-8-9-17-16(12-15)20(19(24)22-17)10-2-3-11-20/h4-9,12H,2-3,10-11H2,1H3,(H,21,23)(H,22,24). The molecule has 1 saturated carbocycles. The normalized spacial score (nSPS) is 17.6. The van der Waals surface area contributed by atoms with Crippen LogP contribution in [0.4, 0.5) is 11.4 Å². The van der Waals surface area contributed by atoms with E-state index < -0.39 is 0 Å². The van der Waals surface area contributed by atoms with Crippen molar-refractivity contribution < 1.29 is 9.59 Å². The van der Waals surface area contributed by atoms with Crippen LogP contribution in [-0.2, 0) is 10.2 Å². The summed E-state index contributed by atoms with van der Waals surface area (Å²) in [5, 5.41) is 5.95. The topological polar surface area (TPSA) is 58.2 Å². The number of rotatable bonds is 2. The lowest BCUT2D eigenvalue weighted by Gasteiger charge is -2.21. The van der Waals surface area contributed by atoms with E-state index in [-0.39, 0.29) is 17.2 Å². The minimum Gasteiger partial charge on any atom is -0.325 e. The second kappa shape index (κ2) is 5.48. The number of carbonyl (C=O) groups is 2. The van der Waals surface area contributed by atoms with Gasteiger partial charge in [0.15, 0.2) is 0 Å². The van der Waals surface area contributed by atoms with Gasteiger partial charge in [-0.1, -0.05) is 30.5 Å². The van der Waals surface area contributed by atoms with E-state index in [2.05, 4.69) is 10.6 Å². The summed E-state index contributed by atoms with van der Waals surface area (Å²) in [6, 6.07) is 13.2. The number of benzene rings is 2. The van der Waals surface area contributed by atoms with E-state index in [1.54, 1.807) is 0 Å². The maximum atomic E-state index is 12.4. The zero-order chi connectivity index (χ0) is 16.7. The summed E-state index contributed by atoms with van der Waals surface area (Å²) in [7, 11) is 0. The Morgan fingerprint density at radius 1 is 1.08 bits per heavy atom. The molecule has 2 aromatic carbocycles. The summed E-state index contributed by atoms with van der Waals surface area (Å²) in [6.07, 6.45) is 3.93. The maximum absolute atomic E-state index is 12.4. The molecule has 4 rings (SSSR count). The van der Waals surface area contributed by atoms with Crippen molar-refractivity contribution in [2.45, 2.75) is 38.0 Å². The molecule has 0 saturated heterocycles. The molecule has 4 nitrogen and oxygen atoms in total. The summed E-state index contributed by atoms with van der Waals surface area (Å²) in [6.45, 7) is 1.99. The average Bonchev–Trinajstić information content (AvgIpc) is 3.16. The molecule has 2 N–H and O–H groups in total. The molecule has 2 aromatic rings. The van der Waals surface area contributed by atoms with Gasteiger partial charge in [-0.3, -0.25) is 9.59 Å². The third-order valence-corrected chi connectivity index (χ3v) is 5.25. The highest BCUT2D eigenvalue weighted by atomic mass is 16.2. The van der Waals surface area contributed by atoms with Crippen LogP contribution in [0, 0.1) is 6.92 Å². The molecule has 1 aliphatic carbocycles. The molecule has 2 aliphatic rings. The van der Waals surface area contributed by atoms with Crippen molar-refractivity contribution in [3.05, 3.63) is 59.2 Å². The Bertz CT molecular complexity index is 818. The van der Waals surface area contributed by atoms with Crippen LogP contribution >= 0.6 is 0 Å². The zero-order valence-electron chi connectivity index (χ0n) is 13.7. The van der Waals surface area contributed by atoms with E-state index in [9.17, 15) is 9.59 Å². The molecular formula is C20H20N2O2. The Kier molecular flexibility index (Phi) is 3.41. The first-order valence-electron chi connectivity index (χ1n) is 8.42. The number of hydrogen-bond acceptors (Lipinski definition) is 2. The Morgan fingerprint density at radius 2 is 1.79 bits per heavy atom. The summed E-state index contributed by atoms with van der Waals surface area (Å²) in [5.41, 5.74) is 4.02. The van der Waals surface area contributed by atoms with Crippen LogP contribution in [0.3, 0.4) is 0 Å². The number of amides is 2. The molecule has 1 spiro atoms. The second-order valence-corrected chi connectivity index (χ2v) is 6.82. The molecule has 1 aliphatic heterocycles. The zero-order valence-corrected chi connectivity index (χ0v) is 13.7. The van der Waals surface area contributed by atoms with Crippen LogP contribution in [-0.4, -0.2) is 11.8 Å². The molecule has 0 radical (unpaired) electrons. The lowest BCUT2D eigenvalue weighted by Crippen LogP contribution is -2.31. The first kappa shape index (κ1) is 14.9. The lowest BCUT2D eigenvalue weighted by atomic mass is 9.80. The van der Waals surface area contributed by atoms with Gasteiger partial charge in [0.1, 0.15) is 0 Å². The van der Waals surface area contributed by atoms with Gasteiger partial charge < -0.3 is 10.6 Å². The Morgan fingerprint density at radius 3 is 2.50 bits per heavy atom. The molecule has 0 atom stereocenters. The Hall–Kier alpha value is -2.62. The van der Waals surface area contributed by atoms with Gasteiger partial charge in [0, 0.05) is 16.9 Å². The Balaban J connectivity index is 1.62. The van der Waals surface area contributed by atoms with Crippen molar-refractivity contribution in [3.8, 4) is 0 Å². The highest BCUT2D eigenvalue weighted by molar-refractivity contribution is 6.08. The molecule has 2 amide bonds. The highest BCUT2D eigenvalue weighted by Crippen LogP contribution is 2.49. The highest BCUT2D eigenvalue weighted by Gasteiger charge is 2.48. The van der Waals surface area contributed by atoms with Crippen LogP contribution in [0.25, 0.3) is 0 Å². The summed E-state index contributed by atoms with van der Waals surface area (Å²) < 4.78 is 0. The van der Waals surface area contributed by atoms with Crippen LogP contribution in [0.1, 0.15) is 47.2 Å². The van der Waals surface area contributed by atoms with Gasteiger partial charge in [0.2, 0.25) is 5.91 Å². The van der Waals surface area contributed by atoms with Gasteiger partial charge in [-0.15, -0.1) is 0 Å². The van der Waals surface area contributed by atoms with Gasteiger partial charge in [0.25, 0.3) is 5.91 Å². The van der Waals surface area contributed by atoms with E-state index >= 15 is 0 Å². The average molecular weight is 320 g/mol.